The van der Waals surface area contributed by atoms with Crippen molar-refractivity contribution in [2.24, 2.45) is 5.92 Å². The Kier molecular flexibility index (Phi) is 6.34. The third-order valence-electron chi connectivity index (χ3n) is 4.00. The molecule has 2 atom stereocenters. The number of likely N-dealkylation sites (tertiary alicyclic amines) is 1. The number of ether oxygens (including phenoxy) is 3. The van der Waals surface area contributed by atoms with Gasteiger partial charge in [-0.15, -0.1) is 0 Å². The Morgan fingerprint density at radius 3 is 2.17 bits per heavy atom. The van der Waals surface area contributed by atoms with Crippen LogP contribution < -0.4 is 5.32 Å². The van der Waals surface area contributed by atoms with Crippen molar-refractivity contribution < 1.29 is 33.7 Å². The molecule has 1 aliphatic rings. The number of rotatable bonds is 6. The Morgan fingerprint density at radius 1 is 1.22 bits per heavy atom. The minimum absolute atomic E-state index is 0.00408. The van der Waals surface area contributed by atoms with Crippen LogP contribution in [0.2, 0.25) is 0 Å². The number of amides is 2. The molecule has 0 aromatic rings. The van der Waals surface area contributed by atoms with Crippen LogP contribution in [0, 0.1) is 5.92 Å². The molecule has 1 fully saturated rings. The lowest BCUT2D eigenvalue weighted by Crippen LogP contribution is -2.54. The first kappa shape index (κ1) is 19.2. The summed E-state index contributed by atoms with van der Waals surface area (Å²) >= 11 is 0. The molecule has 2 amide bonds. The number of hydrogen-bond donors (Lipinski definition) is 2. The fourth-order valence-electron chi connectivity index (χ4n) is 2.55. The molecule has 0 bridgehead atoms. The zero-order valence-corrected chi connectivity index (χ0v) is 14.0. The third kappa shape index (κ3) is 4.11. The molecule has 9 heteroatoms. The van der Waals surface area contributed by atoms with Gasteiger partial charge in [-0.1, -0.05) is 13.8 Å². The molecule has 2 unspecified atom stereocenters. The SMILES string of the molecule is COC(=O)NC(C(=O)N1CC(OC)(OC)CC1C(=O)O)C(C)C. The zero-order valence-electron chi connectivity index (χ0n) is 14.0. The highest BCUT2D eigenvalue weighted by Crippen LogP contribution is 2.32. The molecule has 0 aromatic heterocycles. The summed E-state index contributed by atoms with van der Waals surface area (Å²) in [6, 6.07) is -2.00. The molecule has 0 saturated carbocycles. The first-order chi connectivity index (χ1) is 10.7. The maximum atomic E-state index is 12.8. The van der Waals surface area contributed by atoms with E-state index in [9.17, 15) is 19.5 Å². The van der Waals surface area contributed by atoms with Crippen LogP contribution in [-0.4, -0.2) is 73.7 Å². The summed E-state index contributed by atoms with van der Waals surface area (Å²) in [7, 11) is 3.97. The van der Waals surface area contributed by atoms with Crippen molar-refractivity contribution in [1.29, 1.82) is 0 Å². The quantitative estimate of drug-likeness (QED) is 0.660. The Hall–Kier alpha value is -1.87. The van der Waals surface area contributed by atoms with E-state index < -0.39 is 35.8 Å². The van der Waals surface area contributed by atoms with Crippen molar-refractivity contribution in [1.82, 2.24) is 10.2 Å². The number of aliphatic carboxylic acids is 1. The average Bonchev–Trinajstić information content (AvgIpc) is 2.92. The maximum absolute atomic E-state index is 12.8. The molecule has 1 aliphatic heterocycles. The number of carboxylic acids is 1. The standard InChI is InChI=1S/C14H24N2O7/c1-8(2)10(15-13(20)21-3)11(17)16-7-14(22-4,23-5)6-9(16)12(18)19/h8-10H,6-7H2,1-5H3,(H,15,20)(H,18,19). The van der Waals surface area contributed by atoms with Crippen LogP contribution in [0.15, 0.2) is 0 Å². The summed E-state index contributed by atoms with van der Waals surface area (Å²) in [6.45, 7) is 3.44. The number of carbonyl (C=O) groups is 3. The first-order valence-corrected chi connectivity index (χ1v) is 7.19. The summed E-state index contributed by atoms with van der Waals surface area (Å²) in [5.41, 5.74) is 0. The number of methoxy groups -OCH3 is 3. The number of nitrogens with zero attached hydrogens (tertiary/aromatic N) is 1. The zero-order chi connectivity index (χ0) is 17.8. The molecule has 1 heterocycles. The van der Waals surface area contributed by atoms with Gasteiger partial charge in [0.2, 0.25) is 5.91 Å². The smallest absolute Gasteiger partial charge is 0.407 e. The van der Waals surface area contributed by atoms with E-state index in [0.29, 0.717) is 0 Å². The van der Waals surface area contributed by atoms with E-state index >= 15 is 0 Å². The third-order valence-corrected chi connectivity index (χ3v) is 4.00. The van der Waals surface area contributed by atoms with Crippen molar-refractivity contribution in [3.05, 3.63) is 0 Å². The molecule has 1 rings (SSSR count). The highest BCUT2D eigenvalue weighted by molar-refractivity contribution is 5.90. The number of carbonyl (C=O) groups excluding carboxylic acids is 2. The lowest BCUT2D eigenvalue weighted by atomic mass is 10.0. The predicted octanol–water partition coefficient (Wildman–Crippen LogP) is 0.0416. The topological polar surface area (TPSA) is 114 Å². The van der Waals surface area contributed by atoms with Crippen molar-refractivity contribution >= 4 is 18.0 Å². The van der Waals surface area contributed by atoms with Gasteiger partial charge in [-0.05, 0) is 5.92 Å². The van der Waals surface area contributed by atoms with Crippen LogP contribution in [0.1, 0.15) is 20.3 Å². The number of alkyl carbamates (subject to hydrolysis) is 1. The second kappa shape index (κ2) is 7.60. The van der Waals surface area contributed by atoms with Crippen LogP contribution >= 0.6 is 0 Å². The normalized spacial score (nSPS) is 21.1. The number of hydrogen-bond acceptors (Lipinski definition) is 6. The largest absolute Gasteiger partial charge is 0.480 e. The van der Waals surface area contributed by atoms with Gasteiger partial charge in [-0.3, -0.25) is 4.79 Å². The second-order valence-corrected chi connectivity index (χ2v) is 5.70. The van der Waals surface area contributed by atoms with Crippen molar-refractivity contribution in [2.75, 3.05) is 27.9 Å². The van der Waals surface area contributed by atoms with E-state index in [0.717, 1.165) is 4.90 Å². The molecule has 1 saturated heterocycles. The summed E-state index contributed by atoms with van der Waals surface area (Å²) in [5, 5.41) is 11.8. The van der Waals surface area contributed by atoms with Crippen LogP contribution in [-0.2, 0) is 23.8 Å². The predicted molar refractivity (Wildman–Crippen MR) is 78.7 cm³/mol. The molecule has 0 radical (unpaired) electrons. The van der Waals surface area contributed by atoms with Gasteiger partial charge >= 0.3 is 12.1 Å². The molecule has 0 aromatic carbocycles. The lowest BCUT2D eigenvalue weighted by Gasteiger charge is -2.30. The van der Waals surface area contributed by atoms with Gasteiger partial charge < -0.3 is 29.5 Å². The van der Waals surface area contributed by atoms with Crippen LogP contribution in [0.3, 0.4) is 0 Å². The fourth-order valence-corrected chi connectivity index (χ4v) is 2.55. The van der Waals surface area contributed by atoms with Gasteiger partial charge in [0, 0.05) is 20.6 Å². The van der Waals surface area contributed by atoms with E-state index in [-0.39, 0.29) is 18.9 Å². The Balaban J connectivity index is 3.05. The van der Waals surface area contributed by atoms with E-state index in [4.69, 9.17) is 9.47 Å². The summed E-state index contributed by atoms with van der Waals surface area (Å²) in [5.74, 6) is -3.11. The Morgan fingerprint density at radius 2 is 1.78 bits per heavy atom. The minimum Gasteiger partial charge on any atom is -0.480 e. The first-order valence-electron chi connectivity index (χ1n) is 7.19. The Labute approximate surface area is 134 Å². The molecule has 2 N–H and O–H groups in total. The summed E-state index contributed by atoms with van der Waals surface area (Å²) in [6.07, 6.45) is -0.753. The van der Waals surface area contributed by atoms with Gasteiger partial charge in [0.15, 0.2) is 5.79 Å². The van der Waals surface area contributed by atoms with E-state index in [1.165, 1.54) is 21.3 Å². The fraction of sp³-hybridized carbons (Fsp3) is 0.786. The highest BCUT2D eigenvalue weighted by Gasteiger charge is 2.51. The monoisotopic (exact) mass is 332 g/mol. The van der Waals surface area contributed by atoms with Crippen molar-refractivity contribution in [2.45, 2.75) is 38.1 Å². The highest BCUT2D eigenvalue weighted by atomic mass is 16.7. The van der Waals surface area contributed by atoms with Gasteiger partial charge in [-0.25, -0.2) is 9.59 Å². The van der Waals surface area contributed by atoms with Crippen LogP contribution in [0.25, 0.3) is 0 Å². The average molecular weight is 332 g/mol. The van der Waals surface area contributed by atoms with E-state index in [1.807, 2.05) is 0 Å². The van der Waals surface area contributed by atoms with E-state index in [1.54, 1.807) is 13.8 Å². The van der Waals surface area contributed by atoms with Crippen LogP contribution in [0.4, 0.5) is 4.79 Å². The van der Waals surface area contributed by atoms with Crippen LogP contribution in [0.5, 0.6) is 0 Å². The van der Waals surface area contributed by atoms with Gasteiger partial charge in [-0.2, -0.15) is 0 Å². The molecular weight excluding hydrogens is 308 g/mol. The molecule has 0 aliphatic carbocycles. The lowest BCUT2D eigenvalue weighted by molar-refractivity contribution is -0.197. The van der Waals surface area contributed by atoms with Gasteiger partial charge in [0.25, 0.3) is 0 Å². The van der Waals surface area contributed by atoms with Gasteiger partial charge in [0.05, 0.1) is 13.7 Å². The molecule has 0 spiro atoms. The Bertz CT molecular complexity index is 462. The van der Waals surface area contributed by atoms with Gasteiger partial charge in [0.1, 0.15) is 12.1 Å². The minimum atomic E-state index is -1.18. The molecule has 9 nitrogen and oxygen atoms in total. The number of carboxylic acid groups (broad SMARTS) is 1. The van der Waals surface area contributed by atoms with Crippen molar-refractivity contribution in [3.8, 4) is 0 Å². The number of nitrogens with one attached hydrogen (secondary N) is 1. The van der Waals surface area contributed by atoms with Crippen molar-refractivity contribution in [3.63, 3.8) is 0 Å². The van der Waals surface area contributed by atoms with E-state index in [2.05, 4.69) is 10.1 Å². The molecular formula is C14H24N2O7. The maximum Gasteiger partial charge on any atom is 0.407 e. The molecule has 23 heavy (non-hydrogen) atoms. The second-order valence-electron chi connectivity index (χ2n) is 5.70. The summed E-state index contributed by atoms with van der Waals surface area (Å²) < 4.78 is 15.0. The summed E-state index contributed by atoms with van der Waals surface area (Å²) in [4.78, 5) is 36.8. The molecule has 132 valence electrons.